The van der Waals surface area contributed by atoms with Crippen molar-refractivity contribution in [2.45, 2.75) is 163 Å². The van der Waals surface area contributed by atoms with E-state index in [1.807, 2.05) is 0 Å². The van der Waals surface area contributed by atoms with E-state index >= 15 is 0 Å². The van der Waals surface area contributed by atoms with Gasteiger partial charge in [0.15, 0.2) is 0 Å². The van der Waals surface area contributed by atoms with Gasteiger partial charge in [0.05, 0.1) is 0 Å². The van der Waals surface area contributed by atoms with E-state index in [-0.39, 0.29) is 0 Å². The summed E-state index contributed by atoms with van der Waals surface area (Å²) in [5, 5.41) is 0. The third-order valence-electron chi connectivity index (χ3n) is 6.49. The molecule has 0 saturated carbocycles. The maximum Gasteiger partial charge on any atom is -0.0324 e. The Hall–Kier alpha value is 0. The molecule has 169 valence electrons. The van der Waals surface area contributed by atoms with Gasteiger partial charge in [-0.2, -0.15) is 0 Å². The highest BCUT2D eigenvalue weighted by Crippen LogP contribution is 2.29. The van der Waals surface area contributed by atoms with Gasteiger partial charge in [-0.3, -0.25) is 0 Å². The maximum absolute atomic E-state index is 2.84. The number of rotatable bonds is 23. The van der Waals surface area contributed by atoms with Crippen molar-refractivity contribution in [3.8, 4) is 0 Å². The average Bonchev–Trinajstić information content (AvgIpc) is 2.70. The normalized spacial score (nSPS) is 13.7. The molecular weight excluding hydrogens is 336 g/mol. The van der Waals surface area contributed by atoms with Crippen molar-refractivity contribution in [3.63, 3.8) is 0 Å². The Morgan fingerprint density at radius 1 is 0.357 bits per heavy atom. The first-order valence-electron chi connectivity index (χ1n) is 13.6. The highest BCUT2D eigenvalue weighted by atomic mass is 14.2. The lowest BCUT2D eigenvalue weighted by Crippen LogP contribution is -2.11. The lowest BCUT2D eigenvalue weighted by atomic mass is 9.82. The molecule has 0 aliphatic rings. The Kier molecular flexibility index (Phi) is 23.3. The van der Waals surface area contributed by atoms with E-state index < -0.39 is 0 Å². The lowest BCUT2D eigenvalue weighted by molar-refractivity contribution is 0.371. The third-order valence-corrected chi connectivity index (χ3v) is 6.49. The summed E-state index contributed by atoms with van der Waals surface area (Å²) in [5.74, 6) is 1.80. The van der Waals surface area contributed by atoms with Crippen LogP contribution in [0.1, 0.15) is 163 Å². The lowest BCUT2D eigenvalue weighted by Gasteiger charge is -2.23. The summed E-state index contributed by atoms with van der Waals surface area (Å²) in [5.41, 5.74) is 0. The van der Waals surface area contributed by atoms with Crippen LogP contribution >= 0.6 is 0 Å². The molecular formula is C28H57. The minimum absolute atomic E-state index is 0.896. The summed E-state index contributed by atoms with van der Waals surface area (Å²) < 4.78 is 0. The van der Waals surface area contributed by atoms with Crippen LogP contribution in [0.3, 0.4) is 0 Å². The van der Waals surface area contributed by atoms with Crippen LogP contribution in [0.4, 0.5) is 0 Å². The molecule has 0 saturated heterocycles. The molecule has 2 unspecified atom stereocenters. The van der Waals surface area contributed by atoms with Crippen molar-refractivity contribution in [3.05, 3.63) is 6.42 Å². The quantitative estimate of drug-likeness (QED) is 0.151. The van der Waals surface area contributed by atoms with Crippen molar-refractivity contribution in [1.82, 2.24) is 0 Å². The Morgan fingerprint density at radius 3 is 1.04 bits per heavy atom. The van der Waals surface area contributed by atoms with Gasteiger partial charge in [-0.25, -0.2) is 0 Å². The second kappa shape index (κ2) is 23.3. The first kappa shape index (κ1) is 28.0. The first-order valence-corrected chi connectivity index (χ1v) is 13.6. The fourth-order valence-electron chi connectivity index (χ4n) is 4.64. The van der Waals surface area contributed by atoms with E-state index in [1.54, 1.807) is 0 Å². The molecule has 0 fully saturated rings. The molecule has 0 rings (SSSR count). The van der Waals surface area contributed by atoms with Crippen LogP contribution in [0.2, 0.25) is 0 Å². The van der Waals surface area contributed by atoms with Crippen molar-refractivity contribution in [2.75, 3.05) is 0 Å². The average molecular weight is 394 g/mol. The van der Waals surface area contributed by atoms with Gasteiger partial charge in [0.1, 0.15) is 0 Å². The number of unbranched alkanes of at least 4 members (excludes halogenated alkanes) is 13. The SMILES string of the molecule is CCCCCCCCC([CH]C(CCC)CCCCCCC)CCCCCCC. The molecule has 0 aliphatic carbocycles. The second-order valence-corrected chi connectivity index (χ2v) is 9.46. The van der Waals surface area contributed by atoms with Crippen LogP contribution in [0.25, 0.3) is 0 Å². The third kappa shape index (κ3) is 19.3. The molecule has 28 heavy (non-hydrogen) atoms. The van der Waals surface area contributed by atoms with Crippen LogP contribution < -0.4 is 0 Å². The maximum atomic E-state index is 2.84. The van der Waals surface area contributed by atoms with E-state index in [0.717, 1.165) is 11.8 Å². The molecule has 0 spiro atoms. The monoisotopic (exact) mass is 393 g/mol. The van der Waals surface area contributed by atoms with Crippen molar-refractivity contribution < 1.29 is 0 Å². The van der Waals surface area contributed by atoms with Gasteiger partial charge in [0, 0.05) is 0 Å². The van der Waals surface area contributed by atoms with E-state index in [9.17, 15) is 0 Å². The van der Waals surface area contributed by atoms with E-state index in [2.05, 4.69) is 34.1 Å². The van der Waals surface area contributed by atoms with Gasteiger partial charge in [-0.15, -0.1) is 0 Å². The van der Waals surface area contributed by atoms with Crippen LogP contribution in [-0.4, -0.2) is 0 Å². The highest BCUT2D eigenvalue weighted by molar-refractivity contribution is 4.84. The van der Waals surface area contributed by atoms with E-state index in [1.165, 1.54) is 135 Å². The van der Waals surface area contributed by atoms with Gasteiger partial charge in [-0.1, -0.05) is 163 Å². The summed E-state index contributed by atoms with van der Waals surface area (Å²) in [6.07, 6.45) is 33.0. The molecule has 2 atom stereocenters. The van der Waals surface area contributed by atoms with Crippen molar-refractivity contribution in [2.24, 2.45) is 11.8 Å². The Bertz CT molecular complexity index is 269. The molecule has 1 radical (unpaired) electrons. The zero-order chi connectivity index (χ0) is 20.7. The van der Waals surface area contributed by atoms with Crippen LogP contribution in [0, 0.1) is 18.3 Å². The van der Waals surface area contributed by atoms with Gasteiger partial charge < -0.3 is 0 Å². The predicted molar refractivity (Wildman–Crippen MR) is 131 cm³/mol. The van der Waals surface area contributed by atoms with Gasteiger partial charge in [0.2, 0.25) is 0 Å². The van der Waals surface area contributed by atoms with E-state index in [4.69, 9.17) is 0 Å². The second-order valence-electron chi connectivity index (χ2n) is 9.46. The fraction of sp³-hybridized carbons (Fsp3) is 0.964. The molecule has 0 aromatic carbocycles. The van der Waals surface area contributed by atoms with Crippen molar-refractivity contribution >= 4 is 0 Å². The number of hydrogen-bond acceptors (Lipinski definition) is 0. The molecule has 0 nitrogen and oxygen atoms in total. The summed E-state index contributed by atoms with van der Waals surface area (Å²) in [4.78, 5) is 0. The van der Waals surface area contributed by atoms with Gasteiger partial charge in [0.25, 0.3) is 0 Å². The van der Waals surface area contributed by atoms with Crippen molar-refractivity contribution in [1.29, 1.82) is 0 Å². The van der Waals surface area contributed by atoms with Crippen LogP contribution in [0.15, 0.2) is 0 Å². The topological polar surface area (TPSA) is 0 Å². The fourth-order valence-corrected chi connectivity index (χ4v) is 4.64. The zero-order valence-corrected chi connectivity index (χ0v) is 20.6. The standard InChI is InChI=1S/C28H57/c1-5-9-12-15-18-21-25-28(24-20-17-14-11-7-3)26-27(22-8-4)23-19-16-13-10-6-2/h26-28H,5-25H2,1-4H3. The Morgan fingerprint density at radius 2 is 0.679 bits per heavy atom. The minimum Gasteiger partial charge on any atom is -0.0654 e. The van der Waals surface area contributed by atoms with Gasteiger partial charge in [-0.05, 0) is 18.3 Å². The molecule has 0 aromatic heterocycles. The zero-order valence-electron chi connectivity index (χ0n) is 20.6. The molecule has 0 heteroatoms. The van der Waals surface area contributed by atoms with E-state index in [0.29, 0.717) is 0 Å². The predicted octanol–water partition coefficient (Wildman–Crippen LogP) is 10.7. The summed E-state index contributed by atoms with van der Waals surface area (Å²) in [6, 6.07) is 0. The van der Waals surface area contributed by atoms with Crippen LogP contribution in [-0.2, 0) is 0 Å². The largest absolute Gasteiger partial charge is 0.0654 e. The molecule has 0 aromatic rings. The molecule has 0 N–H and O–H groups in total. The molecule has 0 amide bonds. The Balaban J connectivity index is 4.26. The highest BCUT2D eigenvalue weighted by Gasteiger charge is 2.16. The van der Waals surface area contributed by atoms with Gasteiger partial charge >= 0.3 is 0 Å². The summed E-state index contributed by atoms with van der Waals surface area (Å²) in [7, 11) is 0. The molecule has 0 heterocycles. The first-order chi connectivity index (χ1) is 13.8. The smallest absolute Gasteiger partial charge is 0.0324 e. The van der Waals surface area contributed by atoms with Crippen LogP contribution in [0.5, 0.6) is 0 Å². The summed E-state index contributed by atoms with van der Waals surface area (Å²) in [6.45, 7) is 9.34. The Labute approximate surface area is 181 Å². The number of hydrogen-bond donors (Lipinski definition) is 0. The molecule has 0 aliphatic heterocycles. The summed E-state index contributed by atoms with van der Waals surface area (Å²) >= 11 is 0. The minimum atomic E-state index is 0.896. The molecule has 0 bridgehead atoms.